The number of fused-ring (bicyclic) bond motifs is 1. The number of nitrogens with one attached hydrogen (secondary N) is 1. The molecule has 1 amide bonds. The van der Waals surface area contributed by atoms with Crippen LogP contribution in [0.4, 0.5) is 4.39 Å². The van der Waals surface area contributed by atoms with E-state index in [-0.39, 0.29) is 24.1 Å². The van der Waals surface area contributed by atoms with Crippen LogP contribution in [0.2, 0.25) is 0 Å². The maximum Gasteiger partial charge on any atom is 0.421 e. The first kappa shape index (κ1) is 38.9. The third kappa shape index (κ3) is 8.34. The van der Waals surface area contributed by atoms with Gasteiger partial charge in [0.05, 0.1) is 31.6 Å². The summed E-state index contributed by atoms with van der Waals surface area (Å²) in [4.78, 5) is 33.9. The second-order valence-electron chi connectivity index (χ2n) is 13.1. The van der Waals surface area contributed by atoms with Crippen molar-refractivity contribution in [2.75, 3.05) is 26.5 Å². The Hall–Kier alpha value is -4.27. The van der Waals surface area contributed by atoms with Gasteiger partial charge in [-0.1, -0.05) is 76.1 Å². The lowest BCUT2D eigenvalue weighted by molar-refractivity contribution is -0.146. The van der Waals surface area contributed by atoms with Crippen molar-refractivity contribution in [3.8, 4) is 5.75 Å². The Kier molecular flexibility index (Phi) is 12.4. The van der Waals surface area contributed by atoms with Gasteiger partial charge in [-0.2, -0.15) is 5.10 Å². The van der Waals surface area contributed by atoms with Crippen molar-refractivity contribution in [1.82, 2.24) is 10.3 Å². The Balaban J connectivity index is 1.32. The summed E-state index contributed by atoms with van der Waals surface area (Å²) < 4.78 is 51.7. The number of para-hydroxylation sites is 1. The maximum absolute atomic E-state index is 15.0. The Labute approximate surface area is 301 Å². The molecule has 0 saturated carbocycles. The van der Waals surface area contributed by atoms with Crippen LogP contribution >= 0.6 is 7.60 Å². The van der Waals surface area contributed by atoms with Gasteiger partial charge in [-0.3, -0.25) is 19.3 Å². The monoisotopic (exact) mass is 741 g/mol. The fraction of sp³-hybridized carbons (Fsp3) is 0.472. The number of esters is 1. The number of carbonyl (C=O) groups is 2. The summed E-state index contributed by atoms with van der Waals surface area (Å²) >= 11 is 0. The molecule has 0 radical (unpaired) electrons. The van der Waals surface area contributed by atoms with Crippen LogP contribution in [-0.2, 0) is 23.4 Å². The van der Waals surface area contributed by atoms with Gasteiger partial charge < -0.3 is 29.5 Å². The van der Waals surface area contributed by atoms with E-state index in [0.29, 0.717) is 11.3 Å². The number of benzene rings is 2. The number of amidine groups is 1. The van der Waals surface area contributed by atoms with Crippen LogP contribution in [0, 0.1) is 11.8 Å². The number of aliphatic imine (C=N–C) groups is 2. The molecule has 1 fully saturated rings. The molecule has 0 bridgehead atoms. The second kappa shape index (κ2) is 16.6. The molecular weight excluding hydrogens is 696 g/mol. The smallest absolute Gasteiger partial charge is 0.421 e. The Morgan fingerprint density at radius 1 is 1.17 bits per heavy atom. The van der Waals surface area contributed by atoms with Crippen LogP contribution in [-0.4, -0.2) is 101 Å². The summed E-state index contributed by atoms with van der Waals surface area (Å²) in [6.07, 6.45) is 2.65. The first-order valence-corrected chi connectivity index (χ1v) is 18.8. The number of nitrogens with zero attached hydrogens (tertiary/aromatic N) is 4. The van der Waals surface area contributed by atoms with E-state index in [9.17, 15) is 24.4 Å². The Bertz CT molecular complexity index is 1740. The minimum Gasteiger partial charge on any atom is -0.464 e. The SMILES string of the molecule is CCC(CC)COC(=O)[C@H](C)N=C[P@](=O)(OC[C@@]1(CF)OC[C@@](O)(C2C(C)C=C3C(NC(=O)c4ccccc4)=NC=NN32)[C@@H]1O)Oc1ccccc1. The number of hydrogen-bond donors (Lipinski definition) is 3. The van der Waals surface area contributed by atoms with E-state index >= 15 is 4.39 Å². The van der Waals surface area contributed by atoms with Crippen molar-refractivity contribution in [2.45, 2.75) is 69.9 Å². The number of halogens is 1. The summed E-state index contributed by atoms with van der Waals surface area (Å²) in [5, 5.41) is 32.2. The number of aliphatic hydroxyl groups is 2. The van der Waals surface area contributed by atoms with Crippen LogP contribution in [0.1, 0.15) is 50.9 Å². The van der Waals surface area contributed by atoms with Crippen molar-refractivity contribution in [3.63, 3.8) is 0 Å². The zero-order chi connectivity index (χ0) is 37.5. The number of carbonyl (C=O) groups excluding carboxylic acids is 2. The summed E-state index contributed by atoms with van der Waals surface area (Å²) in [6, 6.07) is 14.5. The van der Waals surface area contributed by atoms with Gasteiger partial charge >= 0.3 is 13.6 Å². The van der Waals surface area contributed by atoms with E-state index in [1.54, 1.807) is 61.5 Å². The normalized spacial score (nSPS) is 27.2. The highest BCUT2D eigenvalue weighted by Gasteiger charge is 2.65. The molecule has 2 aromatic rings. The topological polar surface area (TPSA) is 181 Å². The first-order chi connectivity index (χ1) is 24.9. The quantitative estimate of drug-likeness (QED) is 0.134. The highest BCUT2D eigenvalue weighted by Crippen LogP contribution is 2.50. The second-order valence-corrected chi connectivity index (χ2v) is 14.8. The number of hydrogen-bond acceptors (Lipinski definition) is 13. The fourth-order valence-corrected chi connectivity index (χ4v) is 7.58. The molecule has 3 aliphatic heterocycles. The number of ether oxygens (including phenoxy) is 2. The molecule has 3 heterocycles. The van der Waals surface area contributed by atoms with Crippen molar-refractivity contribution >= 4 is 37.6 Å². The number of alkyl halides is 1. The maximum atomic E-state index is 15.0. The summed E-state index contributed by atoms with van der Waals surface area (Å²) in [7, 11) is -4.41. The lowest BCUT2D eigenvalue weighted by Gasteiger charge is -2.41. The van der Waals surface area contributed by atoms with Crippen LogP contribution in [0.3, 0.4) is 0 Å². The van der Waals surface area contributed by atoms with Gasteiger partial charge in [-0.15, -0.1) is 0 Å². The molecule has 3 N–H and O–H groups in total. The van der Waals surface area contributed by atoms with E-state index in [0.717, 1.165) is 18.8 Å². The molecule has 14 nitrogen and oxygen atoms in total. The molecule has 2 unspecified atom stereocenters. The average molecular weight is 742 g/mol. The zero-order valence-electron chi connectivity index (χ0n) is 29.5. The van der Waals surface area contributed by atoms with Gasteiger partial charge in [-0.05, 0) is 37.1 Å². The predicted octanol–water partition coefficient (Wildman–Crippen LogP) is 4.49. The zero-order valence-corrected chi connectivity index (χ0v) is 30.4. The van der Waals surface area contributed by atoms with Gasteiger partial charge in [0.1, 0.15) is 48.1 Å². The van der Waals surface area contributed by atoms with Crippen molar-refractivity contribution < 1.29 is 47.3 Å². The molecular formula is C36H45FN5O9P. The molecule has 16 heteroatoms. The molecule has 0 spiro atoms. The standard InChI is InChI=1S/C36H45FN5O9P/c1-5-26(6-2)18-48-33(44)25(4)39-23-52(47,51-28-15-11-8-12-16-28)50-20-35(19-37)34(45)36(46,21-49-35)30-24(3)17-29-31(38-22-40-42(29)30)41-32(43)27-13-9-7-10-14-27/h7-17,22-26,30,34,45-46H,5-6,18-21H2,1-4H3,(H,38,40,41,43)/t24?,25-,30?,34+,35+,36+,52-/m0/s1. The third-order valence-corrected chi connectivity index (χ3v) is 10.8. The molecule has 3 aliphatic rings. The van der Waals surface area contributed by atoms with Crippen molar-refractivity contribution in [1.29, 1.82) is 0 Å². The van der Waals surface area contributed by atoms with Crippen LogP contribution < -0.4 is 9.84 Å². The molecule has 1 saturated heterocycles. The van der Waals surface area contributed by atoms with Gasteiger partial charge in [-0.25, -0.2) is 18.7 Å². The third-order valence-electron chi connectivity index (χ3n) is 9.46. The van der Waals surface area contributed by atoms with Crippen molar-refractivity contribution in [2.24, 2.45) is 26.9 Å². The number of hydrazone groups is 1. The lowest BCUT2D eigenvalue weighted by atomic mass is 9.79. The highest BCUT2D eigenvalue weighted by molar-refractivity contribution is 7.70. The van der Waals surface area contributed by atoms with E-state index < -0.39 is 74.7 Å². The fourth-order valence-electron chi connectivity index (χ4n) is 6.24. The van der Waals surface area contributed by atoms with E-state index in [1.165, 1.54) is 30.4 Å². The molecule has 52 heavy (non-hydrogen) atoms. The minimum absolute atomic E-state index is 0.137. The minimum atomic E-state index is -4.41. The Morgan fingerprint density at radius 2 is 1.85 bits per heavy atom. The molecule has 0 aromatic heterocycles. The van der Waals surface area contributed by atoms with Crippen LogP contribution in [0.25, 0.3) is 0 Å². The molecule has 7 atom stereocenters. The van der Waals surface area contributed by atoms with Crippen molar-refractivity contribution in [3.05, 3.63) is 78.0 Å². The van der Waals surface area contributed by atoms with Crippen LogP contribution in [0.15, 0.2) is 87.5 Å². The number of aliphatic hydroxyl groups excluding tert-OH is 1. The highest BCUT2D eigenvalue weighted by atomic mass is 31.2. The van der Waals surface area contributed by atoms with Gasteiger partial charge in [0, 0.05) is 11.5 Å². The van der Waals surface area contributed by atoms with E-state index in [1.807, 2.05) is 13.8 Å². The van der Waals surface area contributed by atoms with E-state index in [2.05, 4.69) is 20.4 Å². The summed E-state index contributed by atoms with van der Waals surface area (Å²) in [5.74, 6) is -0.209. The van der Waals surface area contributed by atoms with Gasteiger partial charge in [0.25, 0.3) is 5.91 Å². The lowest BCUT2D eigenvalue weighted by Crippen LogP contribution is -2.63. The molecule has 2 aromatic carbocycles. The number of amides is 1. The average Bonchev–Trinajstić information content (AvgIpc) is 3.64. The first-order valence-electron chi connectivity index (χ1n) is 17.2. The van der Waals surface area contributed by atoms with Gasteiger partial charge in [0.15, 0.2) is 5.84 Å². The molecule has 5 rings (SSSR count). The summed E-state index contributed by atoms with van der Waals surface area (Å²) in [6.45, 7) is 4.70. The number of rotatable bonds is 15. The molecule has 280 valence electrons. The Morgan fingerprint density at radius 3 is 2.50 bits per heavy atom. The summed E-state index contributed by atoms with van der Waals surface area (Å²) in [5.41, 5.74) is -3.57. The van der Waals surface area contributed by atoms with Crippen LogP contribution in [0.5, 0.6) is 5.75 Å². The largest absolute Gasteiger partial charge is 0.464 e. The molecule has 0 aliphatic carbocycles. The van der Waals surface area contributed by atoms with E-state index in [4.69, 9.17) is 18.5 Å². The van der Waals surface area contributed by atoms with Gasteiger partial charge in [0.2, 0.25) is 0 Å². The predicted molar refractivity (Wildman–Crippen MR) is 192 cm³/mol.